The smallest absolute Gasteiger partial charge is 0.269 e. The van der Waals surface area contributed by atoms with Crippen molar-refractivity contribution in [1.82, 2.24) is 5.32 Å². The van der Waals surface area contributed by atoms with E-state index in [4.69, 9.17) is 5.73 Å². The second-order valence-corrected chi connectivity index (χ2v) is 5.77. The molecule has 126 valence electrons. The molecule has 6 heteroatoms. The first-order chi connectivity index (χ1) is 12.0. The van der Waals surface area contributed by atoms with Crippen LogP contribution in [0.25, 0.3) is 10.8 Å². The van der Waals surface area contributed by atoms with Gasteiger partial charge in [-0.3, -0.25) is 14.9 Å². The molecule has 25 heavy (non-hydrogen) atoms. The Morgan fingerprint density at radius 2 is 1.76 bits per heavy atom. The van der Waals surface area contributed by atoms with E-state index < -0.39 is 11.0 Å². The number of fused-ring (bicyclic) bond motifs is 1. The molecule has 0 aromatic heterocycles. The molecule has 1 atom stereocenters. The molecule has 0 radical (unpaired) electrons. The van der Waals surface area contributed by atoms with Crippen LogP contribution in [0.1, 0.15) is 24.1 Å². The molecule has 3 aromatic rings. The first-order valence-electron chi connectivity index (χ1n) is 7.76. The Morgan fingerprint density at radius 3 is 2.40 bits per heavy atom. The van der Waals surface area contributed by atoms with E-state index in [-0.39, 0.29) is 11.6 Å². The molecule has 1 unspecified atom stereocenters. The van der Waals surface area contributed by atoms with Crippen molar-refractivity contribution in [3.8, 4) is 0 Å². The molecule has 0 aliphatic rings. The summed E-state index contributed by atoms with van der Waals surface area (Å²) in [4.78, 5) is 22.2. The number of nitro groups is 1. The van der Waals surface area contributed by atoms with E-state index in [9.17, 15) is 14.9 Å². The monoisotopic (exact) mass is 335 g/mol. The van der Waals surface area contributed by atoms with Gasteiger partial charge in [0.2, 0.25) is 5.91 Å². The Hall–Kier alpha value is -3.41. The third-order valence-electron chi connectivity index (χ3n) is 4.08. The maximum atomic E-state index is 11.8. The summed E-state index contributed by atoms with van der Waals surface area (Å²) >= 11 is 0. The van der Waals surface area contributed by atoms with Crippen LogP contribution < -0.4 is 11.1 Å². The number of nitro benzene ring substituents is 1. The molecule has 0 saturated carbocycles. The zero-order valence-electron chi connectivity index (χ0n) is 13.6. The number of carbonyl (C=O) groups is 1. The van der Waals surface area contributed by atoms with Crippen molar-refractivity contribution in [2.24, 2.45) is 0 Å². The molecule has 3 rings (SSSR count). The summed E-state index contributed by atoms with van der Waals surface area (Å²) in [5, 5.41) is 15.7. The van der Waals surface area contributed by atoms with Crippen molar-refractivity contribution >= 4 is 28.1 Å². The summed E-state index contributed by atoms with van der Waals surface area (Å²) in [5.41, 5.74) is 8.27. The Bertz CT molecular complexity index is 952. The summed E-state index contributed by atoms with van der Waals surface area (Å²) in [6.45, 7) is 1.43. The van der Waals surface area contributed by atoms with E-state index in [0.29, 0.717) is 5.69 Å². The highest BCUT2D eigenvalue weighted by Gasteiger charge is 2.21. The highest BCUT2D eigenvalue weighted by atomic mass is 16.6. The van der Waals surface area contributed by atoms with E-state index in [1.54, 1.807) is 18.2 Å². The number of rotatable bonds is 4. The molecule has 0 bridgehead atoms. The van der Waals surface area contributed by atoms with Crippen LogP contribution in [-0.4, -0.2) is 10.8 Å². The van der Waals surface area contributed by atoms with Crippen molar-refractivity contribution in [3.63, 3.8) is 0 Å². The van der Waals surface area contributed by atoms with Crippen LogP contribution in [0.2, 0.25) is 0 Å². The largest absolute Gasteiger partial charge is 0.398 e. The molecule has 6 nitrogen and oxygen atoms in total. The lowest BCUT2D eigenvalue weighted by Crippen LogP contribution is -2.27. The van der Waals surface area contributed by atoms with Crippen molar-refractivity contribution in [2.45, 2.75) is 13.0 Å². The number of anilines is 1. The van der Waals surface area contributed by atoms with Crippen molar-refractivity contribution in [3.05, 3.63) is 81.9 Å². The van der Waals surface area contributed by atoms with E-state index in [1.807, 2.05) is 30.3 Å². The Labute approximate surface area is 144 Å². The number of hydrogen-bond acceptors (Lipinski definition) is 4. The Morgan fingerprint density at radius 1 is 1.08 bits per heavy atom. The number of amides is 1. The number of non-ortho nitro benzene ring substituents is 1. The Kier molecular flexibility index (Phi) is 4.35. The fourth-order valence-corrected chi connectivity index (χ4v) is 2.95. The van der Waals surface area contributed by atoms with Crippen molar-refractivity contribution in [1.29, 1.82) is 0 Å². The van der Waals surface area contributed by atoms with Crippen molar-refractivity contribution in [2.75, 3.05) is 5.73 Å². The summed E-state index contributed by atoms with van der Waals surface area (Å²) < 4.78 is 0. The second kappa shape index (κ2) is 6.60. The predicted octanol–water partition coefficient (Wildman–Crippen LogP) is 3.56. The van der Waals surface area contributed by atoms with Gasteiger partial charge in [-0.1, -0.05) is 30.3 Å². The minimum absolute atomic E-state index is 0.00350. The van der Waals surface area contributed by atoms with E-state index >= 15 is 0 Å². The topological polar surface area (TPSA) is 98.3 Å². The number of carbonyl (C=O) groups excluding carboxylic acids is 1. The lowest BCUT2D eigenvalue weighted by molar-refractivity contribution is -0.384. The van der Waals surface area contributed by atoms with Crippen LogP contribution in [0.3, 0.4) is 0 Å². The van der Waals surface area contributed by atoms with Crippen LogP contribution in [0.5, 0.6) is 0 Å². The van der Waals surface area contributed by atoms with E-state index in [1.165, 1.54) is 19.1 Å². The van der Waals surface area contributed by atoms with Crippen molar-refractivity contribution < 1.29 is 9.72 Å². The average Bonchev–Trinajstić information content (AvgIpc) is 2.60. The summed E-state index contributed by atoms with van der Waals surface area (Å²) in [7, 11) is 0. The van der Waals surface area contributed by atoms with Crippen LogP contribution in [-0.2, 0) is 4.79 Å². The van der Waals surface area contributed by atoms with E-state index in [0.717, 1.165) is 21.9 Å². The third-order valence-corrected chi connectivity index (χ3v) is 4.08. The van der Waals surface area contributed by atoms with Gasteiger partial charge in [-0.05, 0) is 34.5 Å². The first-order valence-corrected chi connectivity index (χ1v) is 7.76. The van der Waals surface area contributed by atoms with Crippen LogP contribution in [0, 0.1) is 10.1 Å². The predicted molar refractivity (Wildman–Crippen MR) is 97.1 cm³/mol. The molecular weight excluding hydrogens is 318 g/mol. The van der Waals surface area contributed by atoms with Gasteiger partial charge in [-0.2, -0.15) is 0 Å². The van der Waals surface area contributed by atoms with Gasteiger partial charge in [0.15, 0.2) is 0 Å². The van der Waals surface area contributed by atoms with Gasteiger partial charge in [0.1, 0.15) is 0 Å². The standard InChI is InChI=1S/C19H17N3O3/c1-12(23)21-19(14-6-9-15(10-7-14)22(24)25)18-16-5-3-2-4-13(16)8-11-17(18)20/h2-11,19H,20H2,1H3,(H,21,23). The molecule has 0 aliphatic carbocycles. The lowest BCUT2D eigenvalue weighted by Gasteiger charge is -2.22. The van der Waals surface area contributed by atoms with Gasteiger partial charge in [-0.15, -0.1) is 0 Å². The van der Waals surface area contributed by atoms with Crippen LogP contribution in [0.15, 0.2) is 60.7 Å². The fourth-order valence-electron chi connectivity index (χ4n) is 2.95. The van der Waals surface area contributed by atoms with Gasteiger partial charge >= 0.3 is 0 Å². The minimum Gasteiger partial charge on any atom is -0.398 e. The summed E-state index contributed by atoms with van der Waals surface area (Å²) in [6, 6.07) is 17.1. The molecule has 1 amide bonds. The van der Waals surface area contributed by atoms with Gasteiger partial charge in [-0.25, -0.2) is 0 Å². The zero-order valence-corrected chi connectivity index (χ0v) is 13.6. The number of hydrogen-bond donors (Lipinski definition) is 2. The molecule has 0 aliphatic heterocycles. The maximum absolute atomic E-state index is 11.8. The van der Waals surface area contributed by atoms with Crippen LogP contribution >= 0.6 is 0 Å². The fraction of sp³-hybridized carbons (Fsp3) is 0.105. The normalized spacial score (nSPS) is 11.9. The summed E-state index contributed by atoms with van der Waals surface area (Å²) in [5.74, 6) is -0.212. The van der Waals surface area contributed by atoms with Gasteiger partial charge in [0.25, 0.3) is 5.69 Å². The third kappa shape index (κ3) is 3.28. The first kappa shape index (κ1) is 16.4. The highest BCUT2D eigenvalue weighted by molar-refractivity contribution is 5.91. The lowest BCUT2D eigenvalue weighted by atomic mass is 9.92. The molecule has 0 fully saturated rings. The molecule has 3 aromatic carbocycles. The molecule has 3 N–H and O–H groups in total. The Balaban J connectivity index is 2.18. The average molecular weight is 335 g/mol. The number of benzene rings is 3. The second-order valence-electron chi connectivity index (χ2n) is 5.77. The zero-order chi connectivity index (χ0) is 18.0. The molecular formula is C19H17N3O3. The van der Waals surface area contributed by atoms with Gasteiger partial charge in [0.05, 0.1) is 11.0 Å². The van der Waals surface area contributed by atoms with Gasteiger partial charge in [0, 0.05) is 30.3 Å². The number of nitrogens with zero attached hydrogens (tertiary/aromatic N) is 1. The quantitative estimate of drug-likeness (QED) is 0.433. The number of nitrogens with two attached hydrogens (primary N) is 1. The summed E-state index contributed by atoms with van der Waals surface area (Å²) in [6.07, 6.45) is 0. The molecule has 0 spiro atoms. The van der Waals surface area contributed by atoms with Gasteiger partial charge < -0.3 is 11.1 Å². The SMILES string of the molecule is CC(=O)NC(c1ccc([N+](=O)[O-])cc1)c1c(N)ccc2ccccc12. The number of nitrogens with one attached hydrogen (secondary N) is 1. The molecule has 0 heterocycles. The number of nitrogen functional groups attached to an aromatic ring is 1. The molecule has 0 saturated heterocycles. The van der Waals surface area contributed by atoms with Crippen LogP contribution in [0.4, 0.5) is 11.4 Å². The highest BCUT2D eigenvalue weighted by Crippen LogP contribution is 2.34. The maximum Gasteiger partial charge on any atom is 0.269 e. The minimum atomic E-state index is -0.496. The van der Waals surface area contributed by atoms with E-state index in [2.05, 4.69) is 5.32 Å².